The van der Waals surface area contributed by atoms with Crippen molar-refractivity contribution in [3.05, 3.63) is 58.6 Å². The summed E-state index contributed by atoms with van der Waals surface area (Å²) in [6.45, 7) is 2.67. The SMILES string of the molecule is Cc1ccc(O)c(C(=O)N2CCN(S(=O)(=O)c3ccccc3Cl)CC2)c1. The Morgan fingerprint density at radius 3 is 2.38 bits per heavy atom. The Morgan fingerprint density at radius 2 is 1.73 bits per heavy atom. The number of nitrogens with zero attached hydrogens (tertiary/aromatic N) is 2. The van der Waals surface area contributed by atoms with Crippen LogP contribution in [0.2, 0.25) is 5.02 Å². The molecule has 3 rings (SSSR count). The van der Waals surface area contributed by atoms with Gasteiger partial charge in [0, 0.05) is 26.2 Å². The molecule has 0 spiro atoms. The fourth-order valence-corrected chi connectivity index (χ4v) is 4.83. The highest BCUT2D eigenvalue weighted by molar-refractivity contribution is 7.89. The van der Waals surface area contributed by atoms with Crippen LogP contribution in [0.5, 0.6) is 5.75 Å². The van der Waals surface area contributed by atoms with E-state index in [0.29, 0.717) is 0 Å². The molecule has 0 radical (unpaired) electrons. The predicted molar refractivity (Wildman–Crippen MR) is 99.0 cm³/mol. The molecule has 0 aliphatic carbocycles. The van der Waals surface area contributed by atoms with Crippen molar-refractivity contribution < 1.29 is 18.3 Å². The molecule has 6 nitrogen and oxygen atoms in total. The van der Waals surface area contributed by atoms with E-state index in [1.807, 2.05) is 6.92 Å². The minimum atomic E-state index is -3.71. The van der Waals surface area contributed by atoms with E-state index in [-0.39, 0.29) is 53.3 Å². The van der Waals surface area contributed by atoms with Gasteiger partial charge in [-0.1, -0.05) is 35.4 Å². The lowest BCUT2D eigenvalue weighted by Crippen LogP contribution is -2.50. The van der Waals surface area contributed by atoms with Crippen LogP contribution in [0.4, 0.5) is 0 Å². The Balaban J connectivity index is 1.74. The average molecular weight is 395 g/mol. The first kappa shape index (κ1) is 18.7. The van der Waals surface area contributed by atoms with E-state index in [2.05, 4.69) is 0 Å². The quantitative estimate of drug-likeness (QED) is 0.867. The highest BCUT2D eigenvalue weighted by Gasteiger charge is 2.32. The zero-order valence-electron chi connectivity index (χ0n) is 14.2. The van der Waals surface area contributed by atoms with Crippen molar-refractivity contribution in [1.82, 2.24) is 9.21 Å². The molecule has 2 aromatic rings. The highest BCUT2D eigenvalue weighted by Crippen LogP contribution is 2.26. The van der Waals surface area contributed by atoms with Crippen molar-refractivity contribution in [2.45, 2.75) is 11.8 Å². The van der Waals surface area contributed by atoms with Crippen LogP contribution < -0.4 is 0 Å². The van der Waals surface area contributed by atoms with Crippen LogP contribution in [0.15, 0.2) is 47.4 Å². The maximum atomic E-state index is 12.8. The Morgan fingerprint density at radius 1 is 1.08 bits per heavy atom. The van der Waals surface area contributed by atoms with E-state index in [0.717, 1.165) is 5.56 Å². The van der Waals surface area contributed by atoms with Gasteiger partial charge >= 0.3 is 0 Å². The molecule has 1 amide bonds. The van der Waals surface area contributed by atoms with Crippen molar-refractivity contribution in [2.24, 2.45) is 0 Å². The van der Waals surface area contributed by atoms with Gasteiger partial charge in [0.15, 0.2) is 0 Å². The summed E-state index contributed by atoms with van der Waals surface area (Å²) in [6.07, 6.45) is 0. The molecule has 8 heteroatoms. The first-order valence-corrected chi connectivity index (χ1v) is 9.96. The average Bonchev–Trinajstić information content (AvgIpc) is 2.63. The summed E-state index contributed by atoms with van der Waals surface area (Å²) in [7, 11) is -3.71. The Hall–Kier alpha value is -2.09. The monoisotopic (exact) mass is 394 g/mol. The predicted octanol–water partition coefficient (Wildman–Crippen LogP) is 2.50. The fourth-order valence-electron chi connectivity index (χ4n) is 2.92. The number of phenolic OH excluding ortho intramolecular Hbond substituents is 1. The van der Waals surface area contributed by atoms with E-state index < -0.39 is 10.0 Å². The van der Waals surface area contributed by atoms with Gasteiger partial charge in [0.05, 0.1) is 10.6 Å². The van der Waals surface area contributed by atoms with Crippen molar-refractivity contribution in [1.29, 1.82) is 0 Å². The molecule has 2 aromatic carbocycles. The third kappa shape index (κ3) is 3.56. The van der Waals surface area contributed by atoms with Crippen LogP contribution in [0.1, 0.15) is 15.9 Å². The third-order valence-corrected chi connectivity index (χ3v) is 6.76. The summed E-state index contributed by atoms with van der Waals surface area (Å²) in [5.41, 5.74) is 1.10. The molecule has 1 saturated heterocycles. The highest BCUT2D eigenvalue weighted by atomic mass is 35.5. The topological polar surface area (TPSA) is 77.9 Å². The number of aromatic hydroxyl groups is 1. The molecule has 0 unspecified atom stereocenters. The van der Waals surface area contributed by atoms with Gasteiger partial charge in [-0.05, 0) is 31.2 Å². The van der Waals surface area contributed by atoms with Crippen LogP contribution in [-0.4, -0.2) is 54.8 Å². The van der Waals surface area contributed by atoms with Crippen LogP contribution in [0, 0.1) is 6.92 Å². The number of benzene rings is 2. The van der Waals surface area contributed by atoms with Crippen LogP contribution in [0.3, 0.4) is 0 Å². The van der Waals surface area contributed by atoms with Gasteiger partial charge in [0.1, 0.15) is 10.6 Å². The molecule has 1 aliphatic heterocycles. The molecular weight excluding hydrogens is 376 g/mol. The standard InChI is InChI=1S/C18H19ClN2O4S/c1-13-6-7-16(22)14(12-13)18(23)20-8-10-21(11-9-20)26(24,25)17-5-3-2-4-15(17)19/h2-7,12,22H,8-11H2,1H3. The molecule has 0 saturated carbocycles. The second kappa shape index (κ2) is 7.26. The molecule has 1 N–H and O–H groups in total. The number of hydrogen-bond acceptors (Lipinski definition) is 4. The second-order valence-electron chi connectivity index (χ2n) is 6.15. The first-order valence-electron chi connectivity index (χ1n) is 8.14. The lowest BCUT2D eigenvalue weighted by Gasteiger charge is -2.34. The molecule has 26 heavy (non-hydrogen) atoms. The normalized spacial score (nSPS) is 15.8. The number of aryl methyl sites for hydroxylation is 1. The minimum absolute atomic E-state index is 0.0674. The summed E-state index contributed by atoms with van der Waals surface area (Å²) in [4.78, 5) is 14.2. The molecule has 1 heterocycles. The number of sulfonamides is 1. The Kier molecular flexibility index (Phi) is 5.22. The second-order valence-corrected chi connectivity index (χ2v) is 8.46. The molecule has 0 aromatic heterocycles. The van der Waals surface area contributed by atoms with Crippen LogP contribution in [-0.2, 0) is 10.0 Å². The molecular formula is C18H19ClN2O4S. The third-order valence-electron chi connectivity index (χ3n) is 4.36. The van der Waals surface area contributed by atoms with Gasteiger partial charge in [0.2, 0.25) is 10.0 Å². The van der Waals surface area contributed by atoms with E-state index in [1.165, 1.54) is 22.5 Å². The van der Waals surface area contributed by atoms with Crippen molar-refractivity contribution in [2.75, 3.05) is 26.2 Å². The fraction of sp³-hybridized carbons (Fsp3) is 0.278. The maximum Gasteiger partial charge on any atom is 0.257 e. The van der Waals surface area contributed by atoms with Gasteiger partial charge in [-0.25, -0.2) is 8.42 Å². The number of phenols is 1. The summed E-state index contributed by atoms with van der Waals surface area (Å²) in [5, 5.41) is 10.1. The summed E-state index contributed by atoms with van der Waals surface area (Å²) in [6, 6.07) is 11.1. The van der Waals surface area contributed by atoms with E-state index in [4.69, 9.17) is 11.6 Å². The van der Waals surface area contributed by atoms with E-state index in [9.17, 15) is 18.3 Å². The largest absolute Gasteiger partial charge is 0.507 e. The lowest BCUT2D eigenvalue weighted by molar-refractivity contribution is 0.0694. The summed E-state index contributed by atoms with van der Waals surface area (Å²) < 4.78 is 26.8. The molecule has 0 atom stereocenters. The Labute approximate surface area is 157 Å². The zero-order chi connectivity index (χ0) is 18.9. The number of amides is 1. The van der Waals surface area contributed by atoms with E-state index >= 15 is 0 Å². The number of carbonyl (C=O) groups is 1. The summed E-state index contributed by atoms with van der Waals surface area (Å²) >= 11 is 6.02. The molecule has 0 bridgehead atoms. The van der Waals surface area contributed by atoms with Gasteiger partial charge < -0.3 is 10.0 Å². The van der Waals surface area contributed by atoms with E-state index in [1.54, 1.807) is 29.2 Å². The molecule has 138 valence electrons. The van der Waals surface area contributed by atoms with Crippen molar-refractivity contribution >= 4 is 27.5 Å². The smallest absolute Gasteiger partial charge is 0.257 e. The minimum Gasteiger partial charge on any atom is -0.507 e. The van der Waals surface area contributed by atoms with Crippen LogP contribution >= 0.6 is 11.6 Å². The molecule has 1 aliphatic rings. The number of rotatable bonds is 3. The molecule has 1 fully saturated rings. The van der Waals surface area contributed by atoms with Gasteiger partial charge in [0.25, 0.3) is 5.91 Å². The van der Waals surface area contributed by atoms with Crippen molar-refractivity contribution in [3.63, 3.8) is 0 Å². The Bertz CT molecular complexity index is 938. The first-order chi connectivity index (χ1) is 12.3. The van der Waals surface area contributed by atoms with Gasteiger partial charge in [-0.2, -0.15) is 4.31 Å². The maximum absolute atomic E-state index is 12.8. The summed E-state index contributed by atoms with van der Waals surface area (Å²) in [5.74, 6) is -0.382. The number of carbonyl (C=O) groups excluding carboxylic acids is 1. The number of piperazine rings is 1. The number of halogens is 1. The van der Waals surface area contributed by atoms with Gasteiger partial charge in [-0.3, -0.25) is 4.79 Å². The van der Waals surface area contributed by atoms with Crippen LogP contribution in [0.25, 0.3) is 0 Å². The number of hydrogen-bond donors (Lipinski definition) is 1. The van der Waals surface area contributed by atoms with Crippen molar-refractivity contribution in [3.8, 4) is 5.75 Å². The van der Waals surface area contributed by atoms with Gasteiger partial charge in [-0.15, -0.1) is 0 Å². The lowest BCUT2D eigenvalue weighted by atomic mass is 10.1. The zero-order valence-corrected chi connectivity index (χ0v) is 15.8.